The molecule has 0 radical (unpaired) electrons. The summed E-state index contributed by atoms with van der Waals surface area (Å²) >= 11 is 3.20. The normalized spacial score (nSPS) is 10.7. The lowest BCUT2D eigenvalue weighted by molar-refractivity contribution is 0.367. The number of aromatic amines is 1. The van der Waals surface area contributed by atoms with Crippen molar-refractivity contribution >= 4 is 21.6 Å². The Morgan fingerprint density at radius 3 is 3.07 bits per heavy atom. The molecule has 0 saturated carbocycles. The number of hydrogen-bond donors (Lipinski definition) is 2. The summed E-state index contributed by atoms with van der Waals surface area (Å²) in [5.74, 6) is 0. The fraction of sp³-hybridized carbons (Fsp3) is 0.556. The molecule has 1 aromatic heterocycles. The molecule has 0 bridgehead atoms. The Morgan fingerprint density at radius 1 is 1.67 bits per heavy atom. The third-order valence-electron chi connectivity index (χ3n) is 2.14. The Kier molecular flexibility index (Phi) is 4.77. The number of nitrogens with one attached hydrogen (secondary N) is 2. The number of nitrogens with zero attached hydrogens (tertiary/aromatic N) is 2. The minimum Gasteiger partial charge on any atom is -0.381 e. The lowest BCUT2D eigenvalue weighted by Crippen LogP contribution is -2.25. The maximum atomic E-state index is 11.2. The van der Waals surface area contributed by atoms with Crippen molar-refractivity contribution in [2.75, 3.05) is 32.0 Å². The molecule has 84 valence electrons. The van der Waals surface area contributed by atoms with E-state index in [9.17, 15) is 4.79 Å². The monoisotopic (exact) mass is 274 g/mol. The van der Waals surface area contributed by atoms with Gasteiger partial charge in [-0.15, -0.1) is 0 Å². The van der Waals surface area contributed by atoms with Crippen molar-refractivity contribution in [2.24, 2.45) is 0 Å². The Hall–Kier alpha value is -0.880. The topological polar surface area (TPSA) is 61.0 Å². The highest BCUT2D eigenvalue weighted by molar-refractivity contribution is 9.10. The van der Waals surface area contributed by atoms with E-state index in [-0.39, 0.29) is 5.56 Å². The molecule has 2 N–H and O–H groups in total. The Bertz CT molecular complexity index is 365. The van der Waals surface area contributed by atoms with Gasteiger partial charge in [0, 0.05) is 13.1 Å². The molecule has 15 heavy (non-hydrogen) atoms. The Morgan fingerprint density at radius 2 is 2.40 bits per heavy atom. The zero-order chi connectivity index (χ0) is 11.3. The van der Waals surface area contributed by atoms with Crippen LogP contribution in [-0.4, -0.2) is 41.8 Å². The largest absolute Gasteiger partial charge is 0.381 e. The zero-order valence-corrected chi connectivity index (χ0v) is 10.5. The lowest BCUT2D eigenvalue weighted by Gasteiger charge is -2.14. The van der Waals surface area contributed by atoms with Crippen molar-refractivity contribution in [2.45, 2.75) is 6.92 Å². The van der Waals surface area contributed by atoms with Gasteiger partial charge < -0.3 is 10.2 Å². The maximum absolute atomic E-state index is 11.2. The smallest absolute Gasteiger partial charge is 0.280 e. The van der Waals surface area contributed by atoms with Crippen molar-refractivity contribution in [3.63, 3.8) is 0 Å². The average Bonchev–Trinajstić information content (AvgIpc) is 2.24. The van der Waals surface area contributed by atoms with Crippen LogP contribution in [0.3, 0.4) is 0 Å². The SMILES string of the molecule is CCN(C)CCNc1cn[nH]c(=O)c1Br. The van der Waals surface area contributed by atoms with Crippen molar-refractivity contribution in [3.05, 3.63) is 21.0 Å². The molecule has 0 fully saturated rings. The number of likely N-dealkylation sites (N-methyl/N-ethyl adjacent to an activating group) is 1. The molecule has 0 atom stereocenters. The second-order valence-corrected chi connectivity index (χ2v) is 4.04. The summed E-state index contributed by atoms with van der Waals surface area (Å²) in [5, 5.41) is 9.21. The second-order valence-electron chi connectivity index (χ2n) is 3.25. The van der Waals surface area contributed by atoms with Gasteiger partial charge in [0.1, 0.15) is 4.47 Å². The molecule has 0 spiro atoms. The summed E-state index contributed by atoms with van der Waals surface area (Å²) in [6.45, 7) is 4.82. The van der Waals surface area contributed by atoms with Gasteiger partial charge in [0.15, 0.2) is 0 Å². The predicted octanol–water partition coefficient (Wildman–Crippen LogP) is 0.896. The van der Waals surface area contributed by atoms with Crippen molar-refractivity contribution in [3.8, 4) is 0 Å². The first kappa shape index (κ1) is 12.2. The summed E-state index contributed by atoms with van der Waals surface area (Å²) in [6.07, 6.45) is 1.59. The van der Waals surface area contributed by atoms with E-state index in [1.54, 1.807) is 6.20 Å². The summed E-state index contributed by atoms with van der Waals surface area (Å²) in [4.78, 5) is 13.4. The van der Waals surface area contributed by atoms with E-state index in [1.807, 2.05) is 7.05 Å². The van der Waals surface area contributed by atoms with Crippen LogP contribution < -0.4 is 10.9 Å². The third kappa shape index (κ3) is 3.64. The van der Waals surface area contributed by atoms with Gasteiger partial charge in [-0.3, -0.25) is 4.79 Å². The van der Waals surface area contributed by atoms with E-state index in [2.05, 4.69) is 43.3 Å². The van der Waals surface area contributed by atoms with Gasteiger partial charge in [-0.05, 0) is 29.5 Å². The van der Waals surface area contributed by atoms with Gasteiger partial charge in [0.05, 0.1) is 11.9 Å². The van der Waals surface area contributed by atoms with Crippen LogP contribution in [0, 0.1) is 0 Å². The number of rotatable bonds is 5. The van der Waals surface area contributed by atoms with Crippen LogP contribution in [0.4, 0.5) is 5.69 Å². The molecule has 1 rings (SSSR count). The molecule has 0 aromatic carbocycles. The van der Waals surface area contributed by atoms with Gasteiger partial charge in [0.2, 0.25) is 0 Å². The molecule has 0 aliphatic heterocycles. The fourth-order valence-corrected chi connectivity index (χ4v) is 1.38. The highest BCUT2D eigenvalue weighted by Crippen LogP contribution is 2.14. The molecule has 0 unspecified atom stereocenters. The quantitative estimate of drug-likeness (QED) is 0.838. The molecule has 0 saturated heterocycles. The van der Waals surface area contributed by atoms with Crippen LogP contribution in [0.15, 0.2) is 15.5 Å². The molecular formula is C9H15BrN4O. The van der Waals surface area contributed by atoms with E-state index in [1.165, 1.54) is 0 Å². The number of H-pyrrole nitrogens is 1. The van der Waals surface area contributed by atoms with Crippen molar-refractivity contribution in [1.29, 1.82) is 0 Å². The first-order chi connectivity index (χ1) is 7.15. The highest BCUT2D eigenvalue weighted by atomic mass is 79.9. The predicted molar refractivity (Wildman–Crippen MR) is 64.2 cm³/mol. The van der Waals surface area contributed by atoms with Crippen LogP contribution >= 0.6 is 15.9 Å². The van der Waals surface area contributed by atoms with Gasteiger partial charge in [-0.1, -0.05) is 6.92 Å². The van der Waals surface area contributed by atoms with E-state index >= 15 is 0 Å². The molecule has 6 heteroatoms. The van der Waals surface area contributed by atoms with Crippen LogP contribution in [0.25, 0.3) is 0 Å². The number of aromatic nitrogens is 2. The Labute approximate surface area is 97.0 Å². The van der Waals surface area contributed by atoms with Crippen LogP contribution in [0.1, 0.15) is 6.92 Å². The average molecular weight is 275 g/mol. The molecule has 5 nitrogen and oxygen atoms in total. The third-order valence-corrected chi connectivity index (χ3v) is 2.93. The number of hydrogen-bond acceptors (Lipinski definition) is 4. The number of anilines is 1. The molecule has 0 amide bonds. The lowest BCUT2D eigenvalue weighted by atomic mass is 10.4. The molecule has 1 aromatic rings. The molecular weight excluding hydrogens is 260 g/mol. The van der Waals surface area contributed by atoms with E-state index in [4.69, 9.17) is 0 Å². The maximum Gasteiger partial charge on any atom is 0.280 e. The first-order valence-electron chi connectivity index (χ1n) is 4.80. The molecule has 1 heterocycles. The van der Waals surface area contributed by atoms with Crippen LogP contribution in [-0.2, 0) is 0 Å². The zero-order valence-electron chi connectivity index (χ0n) is 8.88. The summed E-state index contributed by atoms with van der Waals surface area (Å²) in [7, 11) is 2.05. The van der Waals surface area contributed by atoms with Crippen LogP contribution in [0.2, 0.25) is 0 Å². The van der Waals surface area contributed by atoms with Gasteiger partial charge >= 0.3 is 0 Å². The first-order valence-corrected chi connectivity index (χ1v) is 5.60. The molecule has 0 aliphatic rings. The van der Waals surface area contributed by atoms with Gasteiger partial charge in [0.25, 0.3) is 5.56 Å². The summed E-state index contributed by atoms with van der Waals surface area (Å²) in [6, 6.07) is 0. The van der Waals surface area contributed by atoms with Gasteiger partial charge in [-0.2, -0.15) is 5.10 Å². The van der Waals surface area contributed by atoms with Crippen molar-refractivity contribution < 1.29 is 0 Å². The Balaban J connectivity index is 2.51. The van der Waals surface area contributed by atoms with E-state index < -0.39 is 0 Å². The van der Waals surface area contributed by atoms with Crippen LogP contribution in [0.5, 0.6) is 0 Å². The number of halogens is 1. The minimum absolute atomic E-state index is 0.219. The fourth-order valence-electron chi connectivity index (χ4n) is 1.05. The van der Waals surface area contributed by atoms with E-state index in [0.717, 1.165) is 25.3 Å². The summed E-state index contributed by atoms with van der Waals surface area (Å²) < 4.78 is 0.497. The van der Waals surface area contributed by atoms with E-state index in [0.29, 0.717) is 4.47 Å². The minimum atomic E-state index is -0.219. The summed E-state index contributed by atoms with van der Waals surface area (Å²) in [5.41, 5.74) is 0.507. The van der Waals surface area contributed by atoms with Gasteiger partial charge in [-0.25, -0.2) is 5.10 Å². The second kappa shape index (κ2) is 5.87. The standard InChI is InChI=1S/C9H15BrN4O/c1-3-14(2)5-4-11-7-6-12-13-9(15)8(7)10/h6H,3-5H2,1-2H3,(H2,11,13,15). The molecule has 0 aliphatic carbocycles. The highest BCUT2D eigenvalue weighted by Gasteiger charge is 2.03. The van der Waals surface area contributed by atoms with Crippen molar-refractivity contribution in [1.82, 2.24) is 15.1 Å².